The summed E-state index contributed by atoms with van der Waals surface area (Å²) in [6.45, 7) is 1.63. The summed E-state index contributed by atoms with van der Waals surface area (Å²) in [4.78, 5) is 16.1. The van der Waals surface area contributed by atoms with E-state index in [1.54, 1.807) is 49.5 Å². The van der Waals surface area contributed by atoms with Crippen LogP contribution >= 0.6 is 23.2 Å². The number of carbonyl (C=O) groups excluding carboxylic acids is 1. The Balaban J connectivity index is 2.11. The first-order chi connectivity index (χ1) is 12.5. The molecular formula is C17H13Cl2N5O2. The Bertz CT molecular complexity index is 952. The third-order valence-corrected chi connectivity index (χ3v) is 4.07. The Morgan fingerprint density at radius 3 is 2.58 bits per heavy atom. The van der Waals surface area contributed by atoms with Gasteiger partial charge in [0, 0.05) is 11.8 Å². The van der Waals surface area contributed by atoms with Gasteiger partial charge in [0.1, 0.15) is 11.4 Å². The quantitative estimate of drug-likeness (QED) is 0.531. The molecule has 2 N–H and O–H groups in total. The van der Waals surface area contributed by atoms with Gasteiger partial charge >= 0.3 is 6.03 Å². The number of urea groups is 1. The number of halogens is 2. The molecule has 0 unspecified atom stereocenters. The van der Waals surface area contributed by atoms with Crippen molar-refractivity contribution < 1.29 is 9.32 Å². The highest BCUT2D eigenvalue weighted by Gasteiger charge is 2.26. The summed E-state index contributed by atoms with van der Waals surface area (Å²) in [7, 11) is 0. The molecule has 0 atom stereocenters. The molecule has 0 bridgehead atoms. The predicted molar refractivity (Wildman–Crippen MR) is 101 cm³/mol. The van der Waals surface area contributed by atoms with Crippen molar-refractivity contribution >= 4 is 41.1 Å². The minimum absolute atomic E-state index is 0.250. The normalized spacial score (nSPS) is 11.0. The average molecular weight is 390 g/mol. The number of primary amides is 1. The number of anilines is 1. The molecule has 9 heteroatoms. The van der Waals surface area contributed by atoms with Crippen LogP contribution in [0.1, 0.15) is 11.5 Å². The fraction of sp³-hybridized carbons (Fsp3) is 0.0588. The summed E-state index contributed by atoms with van der Waals surface area (Å²) in [5, 5.41) is 9.78. The molecule has 2 amide bonds. The zero-order chi connectivity index (χ0) is 18.7. The van der Waals surface area contributed by atoms with Crippen molar-refractivity contribution in [2.75, 3.05) is 5.01 Å². The van der Waals surface area contributed by atoms with Crippen molar-refractivity contribution in [3.63, 3.8) is 0 Å². The summed E-state index contributed by atoms with van der Waals surface area (Å²) in [5.41, 5.74) is 6.98. The molecule has 0 fully saturated rings. The second-order valence-corrected chi connectivity index (χ2v) is 6.00. The molecule has 0 aliphatic rings. The maximum atomic E-state index is 12.0. The van der Waals surface area contributed by atoms with Crippen LogP contribution in [-0.4, -0.2) is 22.4 Å². The van der Waals surface area contributed by atoms with Gasteiger partial charge in [-0.05, 0) is 31.2 Å². The number of benzene rings is 1. The maximum absolute atomic E-state index is 12.0. The van der Waals surface area contributed by atoms with E-state index in [4.69, 9.17) is 33.5 Å². The minimum Gasteiger partial charge on any atom is -0.359 e. The molecule has 2 heterocycles. The monoisotopic (exact) mass is 389 g/mol. The van der Waals surface area contributed by atoms with Crippen molar-refractivity contribution in [3.05, 3.63) is 64.1 Å². The molecular weight excluding hydrogens is 377 g/mol. The molecule has 0 saturated carbocycles. The van der Waals surface area contributed by atoms with Crippen LogP contribution in [0.5, 0.6) is 0 Å². The molecule has 0 aliphatic heterocycles. The van der Waals surface area contributed by atoms with E-state index in [2.05, 4.69) is 15.2 Å². The van der Waals surface area contributed by atoms with Crippen LogP contribution in [0.4, 0.5) is 10.5 Å². The minimum atomic E-state index is -0.826. The first-order valence-corrected chi connectivity index (χ1v) is 8.20. The van der Waals surface area contributed by atoms with Crippen LogP contribution in [-0.2, 0) is 0 Å². The van der Waals surface area contributed by atoms with Gasteiger partial charge in [0.25, 0.3) is 0 Å². The van der Waals surface area contributed by atoms with E-state index >= 15 is 0 Å². The smallest absolute Gasteiger partial charge is 0.340 e. The van der Waals surface area contributed by atoms with Gasteiger partial charge in [-0.3, -0.25) is 4.98 Å². The summed E-state index contributed by atoms with van der Waals surface area (Å²) in [6.07, 6.45) is 3.00. The van der Waals surface area contributed by atoms with Crippen molar-refractivity contribution in [3.8, 4) is 11.3 Å². The third kappa shape index (κ3) is 3.54. The fourth-order valence-corrected chi connectivity index (χ4v) is 2.88. The number of carbonyl (C=O) groups is 1. The maximum Gasteiger partial charge on any atom is 0.340 e. The standard InChI is InChI=1S/C17H13Cl2N5O2/c1-10-16(15(23-26-10)14-12(18)6-4-7-13(14)19)24(17(20)25)22-9-11-5-2-3-8-21-11/h2-9H,1H3,(H2,20,25)/b22-9-. The van der Waals surface area contributed by atoms with Crippen LogP contribution in [0.25, 0.3) is 11.3 Å². The second kappa shape index (κ2) is 7.55. The van der Waals surface area contributed by atoms with E-state index in [0.717, 1.165) is 5.01 Å². The van der Waals surface area contributed by atoms with Gasteiger partial charge in [0.15, 0.2) is 5.76 Å². The lowest BCUT2D eigenvalue weighted by Crippen LogP contribution is -2.32. The molecule has 0 spiro atoms. The number of hydrogen-bond donors (Lipinski definition) is 1. The lowest BCUT2D eigenvalue weighted by Gasteiger charge is -2.15. The molecule has 0 radical (unpaired) electrons. The second-order valence-electron chi connectivity index (χ2n) is 5.18. The van der Waals surface area contributed by atoms with Crippen molar-refractivity contribution in [1.82, 2.24) is 10.1 Å². The number of amides is 2. The Labute approximate surface area is 159 Å². The molecule has 7 nitrogen and oxygen atoms in total. The summed E-state index contributed by atoms with van der Waals surface area (Å²) < 4.78 is 5.24. The molecule has 3 rings (SSSR count). The average Bonchev–Trinajstić information content (AvgIpc) is 2.97. The highest BCUT2D eigenvalue weighted by molar-refractivity contribution is 6.39. The topological polar surface area (TPSA) is 97.6 Å². The number of hydrogen-bond acceptors (Lipinski definition) is 5. The molecule has 26 heavy (non-hydrogen) atoms. The lowest BCUT2D eigenvalue weighted by molar-refractivity contribution is 0.254. The van der Waals surface area contributed by atoms with Gasteiger partial charge in [0.2, 0.25) is 0 Å². The van der Waals surface area contributed by atoms with E-state index in [-0.39, 0.29) is 11.4 Å². The van der Waals surface area contributed by atoms with Gasteiger partial charge in [-0.25, -0.2) is 4.79 Å². The van der Waals surface area contributed by atoms with E-state index in [1.165, 1.54) is 6.21 Å². The Morgan fingerprint density at radius 1 is 1.23 bits per heavy atom. The van der Waals surface area contributed by atoms with Crippen LogP contribution in [0.2, 0.25) is 10.0 Å². The molecule has 0 aliphatic carbocycles. The van der Waals surface area contributed by atoms with E-state index < -0.39 is 6.03 Å². The number of pyridine rings is 1. The highest BCUT2D eigenvalue weighted by Crippen LogP contribution is 2.40. The third-order valence-electron chi connectivity index (χ3n) is 3.45. The SMILES string of the molecule is Cc1onc(-c2c(Cl)cccc2Cl)c1N(/N=C\c1ccccn1)C(N)=O. The predicted octanol–water partition coefficient (Wildman–Crippen LogP) is 4.27. The molecule has 0 saturated heterocycles. The fourth-order valence-electron chi connectivity index (χ4n) is 2.30. The Morgan fingerprint density at radius 2 is 1.96 bits per heavy atom. The van der Waals surface area contributed by atoms with Crippen LogP contribution in [0.15, 0.2) is 52.2 Å². The largest absolute Gasteiger partial charge is 0.359 e. The van der Waals surface area contributed by atoms with Crippen molar-refractivity contribution in [2.24, 2.45) is 10.8 Å². The zero-order valence-electron chi connectivity index (χ0n) is 13.6. The summed E-state index contributed by atoms with van der Waals surface area (Å²) in [6, 6.07) is 9.48. The first-order valence-electron chi connectivity index (χ1n) is 7.44. The van der Waals surface area contributed by atoms with Gasteiger partial charge < -0.3 is 10.3 Å². The number of nitrogens with two attached hydrogens (primary N) is 1. The van der Waals surface area contributed by atoms with Gasteiger partial charge in [-0.1, -0.05) is 40.5 Å². The van der Waals surface area contributed by atoms with Crippen molar-refractivity contribution in [2.45, 2.75) is 6.92 Å². The Hall–Kier alpha value is -2.90. The summed E-state index contributed by atoms with van der Waals surface area (Å²) in [5.74, 6) is 0.327. The molecule has 2 aromatic heterocycles. The number of hydrazone groups is 1. The molecule has 3 aromatic rings. The number of aromatic nitrogens is 2. The van der Waals surface area contributed by atoms with E-state index in [9.17, 15) is 4.79 Å². The van der Waals surface area contributed by atoms with Crippen molar-refractivity contribution in [1.29, 1.82) is 0 Å². The van der Waals surface area contributed by atoms with Gasteiger partial charge in [-0.15, -0.1) is 0 Å². The number of aryl methyl sites for hydroxylation is 1. The van der Waals surface area contributed by atoms with Gasteiger partial charge in [-0.2, -0.15) is 10.1 Å². The summed E-state index contributed by atoms with van der Waals surface area (Å²) >= 11 is 12.5. The van der Waals surface area contributed by atoms with E-state index in [0.29, 0.717) is 27.1 Å². The highest BCUT2D eigenvalue weighted by atomic mass is 35.5. The lowest BCUT2D eigenvalue weighted by atomic mass is 10.1. The molecule has 1 aromatic carbocycles. The number of nitrogens with zero attached hydrogens (tertiary/aromatic N) is 4. The van der Waals surface area contributed by atoms with Crippen LogP contribution < -0.4 is 10.7 Å². The van der Waals surface area contributed by atoms with E-state index in [1.807, 2.05) is 0 Å². The first kappa shape index (κ1) is 17.9. The number of rotatable bonds is 4. The Kier molecular flexibility index (Phi) is 5.20. The van der Waals surface area contributed by atoms with Gasteiger partial charge in [0.05, 0.1) is 22.0 Å². The molecule has 132 valence electrons. The zero-order valence-corrected chi connectivity index (χ0v) is 15.1. The van der Waals surface area contributed by atoms with Crippen LogP contribution in [0, 0.1) is 6.92 Å². The van der Waals surface area contributed by atoms with Crippen LogP contribution in [0.3, 0.4) is 0 Å².